The van der Waals surface area contributed by atoms with E-state index in [1.54, 1.807) is 18.2 Å². The molecule has 2 aromatic rings. The number of hydrogen-bond donors (Lipinski definition) is 1. The number of halogens is 2. The van der Waals surface area contributed by atoms with Gasteiger partial charge in [-0.2, -0.15) is 0 Å². The van der Waals surface area contributed by atoms with Gasteiger partial charge in [0.25, 0.3) is 0 Å². The summed E-state index contributed by atoms with van der Waals surface area (Å²) in [4.78, 5) is 0. The van der Waals surface area contributed by atoms with Crippen LogP contribution >= 0.6 is 22.6 Å². The van der Waals surface area contributed by atoms with Crippen molar-refractivity contribution in [1.82, 2.24) is 0 Å². The van der Waals surface area contributed by atoms with Crippen molar-refractivity contribution in [2.24, 2.45) is 0 Å². The topological polar surface area (TPSA) is 20.2 Å². The minimum absolute atomic E-state index is 0.267. The van der Waals surface area contributed by atoms with Gasteiger partial charge in [-0.25, -0.2) is 4.39 Å². The predicted octanol–water partition coefficient (Wildman–Crippen LogP) is 3.71. The molecule has 2 aromatic carbocycles. The molecule has 1 N–H and O–H groups in total. The minimum Gasteiger partial charge on any atom is -0.388 e. The van der Waals surface area contributed by atoms with Crippen LogP contribution in [0.15, 0.2) is 48.5 Å². The van der Waals surface area contributed by atoms with E-state index >= 15 is 0 Å². The van der Waals surface area contributed by atoms with Gasteiger partial charge in [-0.15, -0.1) is 0 Å². The summed E-state index contributed by atoms with van der Waals surface area (Å²) in [6.07, 6.45) is -0.364. The number of hydrogen-bond acceptors (Lipinski definition) is 1. The molecule has 1 atom stereocenters. The number of rotatable bonds is 3. The van der Waals surface area contributed by atoms with Crippen LogP contribution in [-0.2, 0) is 6.42 Å². The lowest BCUT2D eigenvalue weighted by Gasteiger charge is -2.11. The van der Waals surface area contributed by atoms with Crippen LogP contribution in [0, 0.1) is 9.39 Å². The van der Waals surface area contributed by atoms with Gasteiger partial charge in [-0.1, -0.05) is 30.3 Å². The van der Waals surface area contributed by atoms with Crippen LogP contribution in [-0.4, -0.2) is 5.11 Å². The average Bonchev–Trinajstić information content (AvgIpc) is 2.33. The van der Waals surface area contributed by atoms with Crippen molar-refractivity contribution in [2.75, 3.05) is 0 Å². The van der Waals surface area contributed by atoms with Crippen molar-refractivity contribution in [2.45, 2.75) is 12.5 Å². The standard InChI is InChI=1S/C14H12FIO/c15-13-4-2-1-3-11(13)9-14(17)10-5-7-12(16)8-6-10/h1-8,14,17H,9H2. The van der Waals surface area contributed by atoms with Crippen molar-refractivity contribution in [3.8, 4) is 0 Å². The van der Waals surface area contributed by atoms with Gasteiger partial charge in [-0.3, -0.25) is 0 Å². The summed E-state index contributed by atoms with van der Waals surface area (Å²) >= 11 is 2.21. The molecular weight excluding hydrogens is 330 g/mol. The van der Waals surface area contributed by atoms with Crippen LogP contribution in [0.5, 0.6) is 0 Å². The first-order valence-electron chi connectivity index (χ1n) is 5.34. The zero-order valence-corrected chi connectivity index (χ0v) is 11.3. The lowest BCUT2D eigenvalue weighted by molar-refractivity contribution is 0.177. The summed E-state index contributed by atoms with van der Waals surface area (Å²) in [5, 5.41) is 10.0. The van der Waals surface area contributed by atoms with E-state index in [-0.39, 0.29) is 5.82 Å². The van der Waals surface area contributed by atoms with Crippen molar-refractivity contribution in [3.05, 3.63) is 69.0 Å². The van der Waals surface area contributed by atoms with Crippen LogP contribution in [0.4, 0.5) is 4.39 Å². The molecule has 0 aliphatic rings. The monoisotopic (exact) mass is 342 g/mol. The fourth-order valence-corrected chi connectivity index (χ4v) is 2.03. The van der Waals surface area contributed by atoms with Gasteiger partial charge in [0.1, 0.15) is 5.82 Å². The molecule has 3 heteroatoms. The Kier molecular flexibility index (Phi) is 4.12. The summed E-state index contributed by atoms with van der Waals surface area (Å²) in [5.74, 6) is -0.267. The van der Waals surface area contributed by atoms with E-state index in [1.165, 1.54) is 6.07 Å². The Balaban J connectivity index is 2.14. The molecule has 0 aromatic heterocycles. The summed E-state index contributed by atoms with van der Waals surface area (Å²) < 4.78 is 14.5. The molecule has 0 aliphatic heterocycles. The van der Waals surface area contributed by atoms with E-state index in [4.69, 9.17) is 0 Å². The molecule has 1 unspecified atom stereocenters. The molecular formula is C14H12FIO. The third kappa shape index (κ3) is 3.26. The zero-order chi connectivity index (χ0) is 12.3. The zero-order valence-electron chi connectivity index (χ0n) is 9.11. The number of aliphatic hydroxyl groups is 1. The fraction of sp³-hybridized carbons (Fsp3) is 0.143. The normalized spacial score (nSPS) is 12.4. The van der Waals surface area contributed by atoms with E-state index < -0.39 is 6.10 Å². The Bertz CT molecular complexity index is 496. The predicted molar refractivity (Wildman–Crippen MR) is 74.2 cm³/mol. The van der Waals surface area contributed by atoms with Gasteiger partial charge in [0, 0.05) is 9.99 Å². The summed E-state index contributed by atoms with van der Waals surface area (Å²) in [5.41, 5.74) is 1.35. The highest BCUT2D eigenvalue weighted by Crippen LogP contribution is 2.20. The van der Waals surface area contributed by atoms with Gasteiger partial charge < -0.3 is 5.11 Å². The molecule has 0 spiro atoms. The Labute approximate surface area is 113 Å². The maximum Gasteiger partial charge on any atom is 0.126 e. The minimum atomic E-state index is -0.663. The van der Waals surface area contributed by atoms with Gasteiger partial charge in [-0.05, 0) is 51.9 Å². The molecule has 0 heterocycles. The molecule has 1 nitrogen and oxygen atoms in total. The van der Waals surface area contributed by atoms with Crippen LogP contribution in [0.25, 0.3) is 0 Å². The Morgan fingerprint density at radius 2 is 1.71 bits per heavy atom. The lowest BCUT2D eigenvalue weighted by atomic mass is 10.0. The maximum atomic E-state index is 13.4. The smallest absolute Gasteiger partial charge is 0.126 e. The molecule has 0 radical (unpaired) electrons. The summed E-state index contributed by atoms with van der Waals surface area (Å²) in [6, 6.07) is 14.1. The lowest BCUT2D eigenvalue weighted by Crippen LogP contribution is -2.03. The molecule has 0 bridgehead atoms. The third-order valence-corrected chi connectivity index (χ3v) is 3.35. The average molecular weight is 342 g/mol. The fourth-order valence-electron chi connectivity index (χ4n) is 1.68. The molecule has 17 heavy (non-hydrogen) atoms. The molecule has 0 fully saturated rings. The number of benzene rings is 2. The quantitative estimate of drug-likeness (QED) is 0.844. The SMILES string of the molecule is OC(Cc1ccccc1F)c1ccc(I)cc1. The van der Waals surface area contributed by atoms with Crippen LogP contribution < -0.4 is 0 Å². The van der Waals surface area contributed by atoms with Gasteiger partial charge in [0.15, 0.2) is 0 Å². The van der Waals surface area contributed by atoms with E-state index in [9.17, 15) is 9.50 Å². The first kappa shape index (κ1) is 12.5. The Morgan fingerprint density at radius 1 is 1.06 bits per heavy atom. The Hall–Kier alpha value is -0.940. The second-order valence-corrected chi connectivity index (χ2v) is 5.11. The second-order valence-electron chi connectivity index (χ2n) is 3.86. The summed E-state index contributed by atoms with van der Waals surface area (Å²) in [6.45, 7) is 0. The van der Waals surface area contributed by atoms with Crippen molar-refractivity contribution in [3.63, 3.8) is 0 Å². The third-order valence-electron chi connectivity index (χ3n) is 2.63. The van der Waals surface area contributed by atoms with Crippen LogP contribution in [0.3, 0.4) is 0 Å². The molecule has 0 saturated heterocycles. The summed E-state index contributed by atoms with van der Waals surface area (Å²) in [7, 11) is 0. The largest absolute Gasteiger partial charge is 0.388 e. The van der Waals surface area contributed by atoms with Gasteiger partial charge in [0.2, 0.25) is 0 Å². The molecule has 0 amide bonds. The maximum absolute atomic E-state index is 13.4. The first-order chi connectivity index (χ1) is 8.16. The first-order valence-corrected chi connectivity index (χ1v) is 6.41. The van der Waals surface area contributed by atoms with Crippen LogP contribution in [0.2, 0.25) is 0 Å². The highest BCUT2D eigenvalue weighted by molar-refractivity contribution is 14.1. The van der Waals surface area contributed by atoms with E-state index in [2.05, 4.69) is 22.6 Å². The highest BCUT2D eigenvalue weighted by Gasteiger charge is 2.10. The molecule has 88 valence electrons. The van der Waals surface area contributed by atoms with E-state index in [1.807, 2.05) is 24.3 Å². The molecule has 2 rings (SSSR count). The number of aliphatic hydroxyl groups excluding tert-OH is 1. The van der Waals surface area contributed by atoms with Crippen molar-refractivity contribution in [1.29, 1.82) is 0 Å². The van der Waals surface area contributed by atoms with Crippen molar-refractivity contribution < 1.29 is 9.50 Å². The second kappa shape index (κ2) is 5.60. The molecule has 0 aliphatic carbocycles. The van der Waals surface area contributed by atoms with Crippen molar-refractivity contribution >= 4 is 22.6 Å². The molecule has 0 saturated carbocycles. The Morgan fingerprint density at radius 3 is 2.35 bits per heavy atom. The van der Waals surface area contributed by atoms with E-state index in [0.717, 1.165) is 9.13 Å². The van der Waals surface area contributed by atoms with Crippen LogP contribution in [0.1, 0.15) is 17.2 Å². The highest BCUT2D eigenvalue weighted by atomic mass is 127. The van der Waals surface area contributed by atoms with Gasteiger partial charge >= 0.3 is 0 Å². The van der Waals surface area contributed by atoms with Gasteiger partial charge in [0.05, 0.1) is 6.10 Å². The van der Waals surface area contributed by atoms with E-state index in [0.29, 0.717) is 12.0 Å².